The highest BCUT2D eigenvalue weighted by Crippen LogP contribution is 2.66. The maximum Gasteiger partial charge on any atom is 0.212 e. The SMILES string of the molecule is CNS(=O)(=O)CC12CCC(C1)/C(=C\c1ccc(/C=C3/C(=O)C4(CS(=O)(=O)NC)CCC3C4(C)C)cc1)C2=O. The first-order chi connectivity index (χ1) is 17.7. The maximum atomic E-state index is 13.6. The third kappa shape index (κ3) is 4.15. The van der Waals surface area contributed by atoms with Crippen LogP contribution in [-0.4, -0.2) is 54.0 Å². The van der Waals surface area contributed by atoms with Gasteiger partial charge < -0.3 is 0 Å². The van der Waals surface area contributed by atoms with Crippen LogP contribution in [0.3, 0.4) is 0 Å². The predicted molar refractivity (Wildman–Crippen MR) is 147 cm³/mol. The Morgan fingerprint density at radius 1 is 0.816 bits per heavy atom. The predicted octanol–water partition coefficient (Wildman–Crippen LogP) is 2.93. The van der Waals surface area contributed by atoms with Gasteiger partial charge in [0.05, 0.1) is 16.9 Å². The zero-order chi connectivity index (χ0) is 27.7. The highest BCUT2D eigenvalue weighted by Gasteiger charge is 2.67. The van der Waals surface area contributed by atoms with Crippen molar-refractivity contribution >= 4 is 43.8 Å². The van der Waals surface area contributed by atoms with Crippen LogP contribution >= 0.6 is 0 Å². The molecular weight excluding hydrogens is 524 g/mol. The maximum absolute atomic E-state index is 13.6. The summed E-state index contributed by atoms with van der Waals surface area (Å²) >= 11 is 0. The Kier molecular flexibility index (Phi) is 6.45. The topological polar surface area (TPSA) is 126 Å². The first kappa shape index (κ1) is 27.4. The van der Waals surface area contributed by atoms with Crippen LogP contribution in [0.4, 0.5) is 0 Å². The van der Waals surface area contributed by atoms with Crippen molar-refractivity contribution in [2.45, 2.75) is 46.0 Å². The van der Waals surface area contributed by atoms with E-state index in [0.717, 1.165) is 24.0 Å². The summed E-state index contributed by atoms with van der Waals surface area (Å²) < 4.78 is 54.0. The lowest BCUT2D eigenvalue weighted by Gasteiger charge is -2.35. The molecule has 0 aromatic heterocycles. The van der Waals surface area contributed by atoms with Gasteiger partial charge in [0.2, 0.25) is 20.0 Å². The van der Waals surface area contributed by atoms with Crippen molar-refractivity contribution in [1.29, 1.82) is 0 Å². The molecule has 0 aliphatic heterocycles. The van der Waals surface area contributed by atoms with Crippen molar-refractivity contribution in [3.05, 3.63) is 46.5 Å². The summed E-state index contributed by atoms with van der Waals surface area (Å²) in [5.41, 5.74) is 0.889. The molecule has 1 aromatic carbocycles. The molecule has 5 rings (SSSR count). The molecule has 0 amide bonds. The molecule has 4 fully saturated rings. The van der Waals surface area contributed by atoms with Crippen molar-refractivity contribution in [2.24, 2.45) is 28.1 Å². The average molecular weight is 561 g/mol. The number of benzene rings is 1. The van der Waals surface area contributed by atoms with Gasteiger partial charge in [-0.3, -0.25) is 9.59 Å². The second kappa shape index (κ2) is 8.94. The standard InChI is InChI=1S/C28H36N2O6S2/c1-26(2)23-10-12-28(26,17-38(35,36)30-4)25(32)22(23)14-19-7-5-18(6-8-19)13-21-20-9-11-27(15-20,24(21)31)16-37(33,34)29-3/h5-8,13-14,20,23,29-30H,9-12,15-17H2,1-4H3/b21-13+,22-14+. The van der Waals surface area contributed by atoms with Crippen LogP contribution in [0.1, 0.15) is 57.1 Å². The van der Waals surface area contributed by atoms with Gasteiger partial charge in [-0.1, -0.05) is 38.1 Å². The van der Waals surface area contributed by atoms with Gasteiger partial charge in [0.25, 0.3) is 0 Å². The summed E-state index contributed by atoms with van der Waals surface area (Å²) in [6.07, 6.45) is 7.10. The third-order valence-corrected chi connectivity index (χ3v) is 13.0. The minimum atomic E-state index is -3.56. The molecule has 4 saturated carbocycles. The summed E-state index contributed by atoms with van der Waals surface area (Å²) in [6, 6.07) is 7.61. The number of hydrogen-bond donors (Lipinski definition) is 2. The highest BCUT2D eigenvalue weighted by atomic mass is 32.2. The van der Waals surface area contributed by atoms with E-state index in [1.54, 1.807) is 0 Å². The fourth-order valence-corrected chi connectivity index (χ4v) is 10.3. The molecule has 4 bridgehead atoms. The average Bonchev–Trinajstić information content (AvgIpc) is 3.50. The quantitative estimate of drug-likeness (QED) is 0.471. The molecule has 38 heavy (non-hydrogen) atoms. The van der Waals surface area contributed by atoms with Crippen molar-refractivity contribution < 1.29 is 26.4 Å². The molecule has 4 atom stereocenters. The van der Waals surface area contributed by atoms with E-state index in [4.69, 9.17) is 0 Å². The number of ketones is 2. The number of fused-ring (bicyclic) bond motifs is 4. The zero-order valence-electron chi connectivity index (χ0n) is 22.3. The molecule has 0 saturated heterocycles. The van der Waals surface area contributed by atoms with Gasteiger partial charge in [0.1, 0.15) is 0 Å². The summed E-state index contributed by atoms with van der Waals surface area (Å²) in [6.45, 7) is 4.01. The number of hydrogen-bond acceptors (Lipinski definition) is 6. The van der Waals surface area contributed by atoms with Gasteiger partial charge >= 0.3 is 0 Å². The van der Waals surface area contributed by atoms with Gasteiger partial charge in [-0.2, -0.15) is 0 Å². The molecule has 0 heterocycles. The molecule has 4 aliphatic rings. The van der Waals surface area contributed by atoms with E-state index >= 15 is 0 Å². The Hall–Kier alpha value is -2.14. The van der Waals surface area contributed by atoms with Gasteiger partial charge in [0, 0.05) is 11.0 Å². The fourth-order valence-electron chi connectivity index (χ4n) is 7.63. The Labute approximate surface area is 225 Å². The Balaban J connectivity index is 1.39. The Morgan fingerprint density at radius 2 is 1.37 bits per heavy atom. The van der Waals surface area contributed by atoms with Crippen LogP contribution in [0.15, 0.2) is 35.4 Å². The molecule has 0 radical (unpaired) electrons. The third-order valence-electron chi connectivity index (χ3n) is 9.93. The van der Waals surface area contributed by atoms with Crippen LogP contribution in [0.25, 0.3) is 12.2 Å². The van der Waals surface area contributed by atoms with Crippen molar-refractivity contribution in [3.63, 3.8) is 0 Å². The molecule has 4 aliphatic carbocycles. The molecule has 0 spiro atoms. The Bertz CT molecular complexity index is 1470. The molecule has 1 aromatic rings. The van der Waals surface area contributed by atoms with E-state index in [1.807, 2.05) is 50.3 Å². The lowest BCUT2D eigenvalue weighted by atomic mass is 9.70. The molecule has 206 valence electrons. The minimum Gasteiger partial charge on any atom is -0.294 e. The Morgan fingerprint density at radius 3 is 1.95 bits per heavy atom. The summed E-state index contributed by atoms with van der Waals surface area (Å²) in [5.74, 6) is -0.419. The van der Waals surface area contributed by atoms with Crippen molar-refractivity contribution in [3.8, 4) is 0 Å². The van der Waals surface area contributed by atoms with Gasteiger partial charge in [0.15, 0.2) is 11.6 Å². The first-order valence-corrected chi connectivity index (χ1v) is 16.4. The number of nitrogens with one attached hydrogen (secondary N) is 2. The van der Waals surface area contributed by atoms with E-state index in [9.17, 15) is 26.4 Å². The van der Waals surface area contributed by atoms with Gasteiger partial charge in [-0.25, -0.2) is 26.3 Å². The summed E-state index contributed by atoms with van der Waals surface area (Å²) in [5, 5.41) is 0. The largest absolute Gasteiger partial charge is 0.294 e. The zero-order valence-corrected chi connectivity index (χ0v) is 24.0. The van der Waals surface area contributed by atoms with E-state index in [1.165, 1.54) is 14.1 Å². The number of carbonyl (C=O) groups excluding carboxylic acids is 2. The number of Topliss-reactive ketones (excluding diaryl/α,β-unsaturated/α-hetero) is 2. The summed E-state index contributed by atoms with van der Waals surface area (Å²) in [7, 11) is -4.29. The fraction of sp³-hybridized carbons (Fsp3) is 0.571. The van der Waals surface area contributed by atoms with Crippen LogP contribution < -0.4 is 9.44 Å². The minimum absolute atomic E-state index is 0.000546. The number of allylic oxidation sites excluding steroid dienone is 2. The van der Waals surface area contributed by atoms with E-state index in [2.05, 4.69) is 9.44 Å². The van der Waals surface area contributed by atoms with Crippen LogP contribution in [0.5, 0.6) is 0 Å². The van der Waals surface area contributed by atoms with Crippen LogP contribution in [-0.2, 0) is 29.6 Å². The monoisotopic (exact) mass is 560 g/mol. The van der Waals surface area contributed by atoms with Crippen molar-refractivity contribution in [2.75, 3.05) is 25.6 Å². The molecule has 8 nitrogen and oxygen atoms in total. The lowest BCUT2D eigenvalue weighted by molar-refractivity contribution is -0.125. The number of rotatable bonds is 8. The molecule has 2 N–H and O–H groups in total. The molecular formula is C28H36N2O6S2. The normalized spacial score (nSPS) is 34.2. The van der Waals surface area contributed by atoms with E-state index in [0.29, 0.717) is 30.4 Å². The van der Waals surface area contributed by atoms with Gasteiger partial charge in [-0.15, -0.1) is 0 Å². The first-order valence-electron chi connectivity index (χ1n) is 13.1. The van der Waals surface area contributed by atoms with Crippen LogP contribution in [0, 0.1) is 28.1 Å². The molecule has 4 unspecified atom stereocenters. The number of sulfonamides is 2. The number of carbonyl (C=O) groups is 2. The van der Waals surface area contributed by atoms with Crippen molar-refractivity contribution in [1.82, 2.24) is 9.44 Å². The highest BCUT2D eigenvalue weighted by molar-refractivity contribution is 7.89. The van der Waals surface area contributed by atoms with Gasteiger partial charge in [-0.05, 0) is 92.3 Å². The second-order valence-electron chi connectivity index (χ2n) is 12.1. The van der Waals surface area contributed by atoms with Crippen LogP contribution in [0.2, 0.25) is 0 Å². The second-order valence-corrected chi connectivity index (χ2v) is 15.9. The smallest absolute Gasteiger partial charge is 0.212 e. The lowest BCUT2D eigenvalue weighted by Crippen LogP contribution is -2.44. The molecule has 10 heteroatoms. The summed E-state index contributed by atoms with van der Waals surface area (Å²) in [4.78, 5) is 26.9. The van der Waals surface area contributed by atoms with E-state index < -0.39 is 36.3 Å². The van der Waals surface area contributed by atoms with E-state index in [-0.39, 0.29) is 34.9 Å².